The molecule has 0 unspecified atom stereocenters. The number of aryl methyl sites for hydroxylation is 1. The van der Waals surface area contributed by atoms with Gasteiger partial charge in [0.2, 0.25) is 5.91 Å². The first-order valence-corrected chi connectivity index (χ1v) is 6.07. The number of hydrazine groups is 1. The maximum Gasteiger partial charge on any atom is 0.251 e. The van der Waals surface area contributed by atoms with E-state index in [-0.39, 0.29) is 24.8 Å². The van der Waals surface area contributed by atoms with Crippen molar-refractivity contribution in [1.82, 2.24) is 15.6 Å². The normalized spacial score (nSPS) is 9.84. The molecule has 0 saturated heterocycles. The second-order valence-electron chi connectivity index (χ2n) is 3.99. The fourth-order valence-electron chi connectivity index (χ4n) is 1.55. The first kappa shape index (κ1) is 14.9. The standard InChI is InChI=1S/C12H19N5O2/c1-3-14-11(18)4-5-15-12(19)9-6-8(2)16-10(7-9)17-13/h6-7H,3-5,13H2,1-2H3,(H,14,18)(H,15,19)(H,16,17). The summed E-state index contributed by atoms with van der Waals surface area (Å²) in [6, 6.07) is 3.21. The number of anilines is 1. The summed E-state index contributed by atoms with van der Waals surface area (Å²) in [5, 5.41) is 5.33. The molecule has 0 spiro atoms. The zero-order valence-electron chi connectivity index (χ0n) is 11.1. The number of nitrogens with zero attached hydrogens (tertiary/aromatic N) is 1. The van der Waals surface area contributed by atoms with Crippen LogP contribution >= 0.6 is 0 Å². The van der Waals surface area contributed by atoms with Crippen LogP contribution in [0.1, 0.15) is 29.4 Å². The molecule has 104 valence electrons. The van der Waals surface area contributed by atoms with Crippen LogP contribution in [-0.4, -0.2) is 29.9 Å². The summed E-state index contributed by atoms with van der Waals surface area (Å²) >= 11 is 0. The first-order chi connectivity index (χ1) is 9.06. The minimum Gasteiger partial charge on any atom is -0.356 e. The number of hydrogen-bond acceptors (Lipinski definition) is 5. The molecule has 1 aromatic heterocycles. The van der Waals surface area contributed by atoms with Gasteiger partial charge < -0.3 is 16.1 Å². The Balaban J connectivity index is 2.54. The Labute approximate surface area is 111 Å². The molecule has 7 nitrogen and oxygen atoms in total. The van der Waals surface area contributed by atoms with Crippen LogP contribution in [0.15, 0.2) is 12.1 Å². The highest BCUT2D eigenvalue weighted by atomic mass is 16.2. The molecule has 0 aliphatic carbocycles. The molecule has 0 bridgehead atoms. The Bertz CT molecular complexity index is 461. The molecule has 5 N–H and O–H groups in total. The van der Waals surface area contributed by atoms with Crippen molar-refractivity contribution in [3.63, 3.8) is 0 Å². The highest BCUT2D eigenvalue weighted by Gasteiger charge is 2.08. The van der Waals surface area contributed by atoms with Crippen molar-refractivity contribution in [3.05, 3.63) is 23.4 Å². The van der Waals surface area contributed by atoms with Gasteiger partial charge >= 0.3 is 0 Å². The Hall–Kier alpha value is -2.15. The number of nitrogens with one attached hydrogen (secondary N) is 3. The van der Waals surface area contributed by atoms with Gasteiger partial charge in [0.05, 0.1) is 0 Å². The van der Waals surface area contributed by atoms with E-state index in [1.54, 1.807) is 19.1 Å². The van der Waals surface area contributed by atoms with Crippen molar-refractivity contribution in [2.75, 3.05) is 18.5 Å². The topological polar surface area (TPSA) is 109 Å². The fourth-order valence-corrected chi connectivity index (χ4v) is 1.55. The van der Waals surface area contributed by atoms with Crippen LogP contribution in [-0.2, 0) is 4.79 Å². The molecule has 0 radical (unpaired) electrons. The summed E-state index contributed by atoms with van der Waals surface area (Å²) in [5.74, 6) is 5.35. The van der Waals surface area contributed by atoms with Gasteiger partial charge in [0.25, 0.3) is 5.91 Å². The Morgan fingerprint density at radius 2 is 2.05 bits per heavy atom. The Morgan fingerprint density at radius 1 is 1.32 bits per heavy atom. The lowest BCUT2D eigenvalue weighted by molar-refractivity contribution is -0.120. The summed E-state index contributed by atoms with van der Waals surface area (Å²) < 4.78 is 0. The van der Waals surface area contributed by atoms with E-state index < -0.39 is 0 Å². The quantitative estimate of drug-likeness (QED) is 0.425. The molecule has 0 saturated carbocycles. The van der Waals surface area contributed by atoms with Crippen molar-refractivity contribution < 1.29 is 9.59 Å². The first-order valence-electron chi connectivity index (χ1n) is 6.07. The lowest BCUT2D eigenvalue weighted by Crippen LogP contribution is -2.30. The van der Waals surface area contributed by atoms with Gasteiger partial charge in [0, 0.05) is 30.8 Å². The van der Waals surface area contributed by atoms with Crippen molar-refractivity contribution in [2.45, 2.75) is 20.3 Å². The van der Waals surface area contributed by atoms with E-state index in [1.807, 2.05) is 6.92 Å². The van der Waals surface area contributed by atoms with Gasteiger partial charge in [-0.3, -0.25) is 9.59 Å². The highest BCUT2D eigenvalue weighted by molar-refractivity contribution is 5.95. The SMILES string of the molecule is CCNC(=O)CCNC(=O)c1cc(C)nc(NN)c1. The number of nitrogens with two attached hydrogens (primary N) is 1. The van der Waals surface area contributed by atoms with Crippen LogP contribution in [0, 0.1) is 6.92 Å². The molecule has 1 heterocycles. The number of pyridine rings is 1. The monoisotopic (exact) mass is 265 g/mol. The van der Waals surface area contributed by atoms with E-state index in [9.17, 15) is 9.59 Å². The summed E-state index contributed by atoms with van der Waals surface area (Å²) in [4.78, 5) is 27.2. The number of aromatic nitrogens is 1. The molecule has 19 heavy (non-hydrogen) atoms. The number of hydrogen-bond donors (Lipinski definition) is 4. The van der Waals surface area contributed by atoms with Crippen molar-refractivity contribution in [2.24, 2.45) is 5.84 Å². The molecule has 0 fully saturated rings. The molecule has 0 atom stereocenters. The van der Waals surface area contributed by atoms with Crippen LogP contribution in [0.2, 0.25) is 0 Å². The van der Waals surface area contributed by atoms with E-state index in [1.165, 1.54) is 0 Å². The number of amides is 2. The van der Waals surface area contributed by atoms with Crippen molar-refractivity contribution in [3.8, 4) is 0 Å². The maximum atomic E-state index is 11.9. The predicted octanol–water partition coefficient (Wildman–Crippen LogP) is -0.0684. The third-order valence-corrected chi connectivity index (χ3v) is 2.38. The zero-order valence-corrected chi connectivity index (χ0v) is 11.1. The second kappa shape index (κ2) is 7.32. The minimum atomic E-state index is -0.258. The van der Waals surface area contributed by atoms with Gasteiger partial charge in [-0.05, 0) is 26.0 Å². The van der Waals surface area contributed by atoms with Crippen LogP contribution < -0.4 is 21.9 Å². The second-order valence-corrected chi connectivity index (χ2v) is 3.99. The summed E-state index contributed by atoms with van der Waals surface area (Å²) in [6.07, 6.45) is 0.256. The summed E-state index contributed by atoms with van der Waals surface area (Å²) in [5.41, 5.74) is 3.54. The number of rotatable bonds is 6. The van der Waals surface area contributed by atoms with E-state index in [4.69, 9.17) is 5.84 Å². The fraction of sp³-hybridized carbons (Fsp3) is 0.417. The van der Waals surface area contributed by atoms with Gasteiger partial charge in [-0.2, -0.15) is 0 Å². The average molecular weight is 265 g/mol. The molecule has 0 aliphatic rings. The number of carbonyl (C=O) groups excluding carboxylic acids is 2. The van der Waals surface area contributed by atoms with Gasteiger partial charge in [0.1, 0.15) is 5.82 Å². The van der Waals surface area contributed by atoms with Crippen molar-refractivity contribution >= 4 is 17.6 Å². The van der Waals surface area contributed by atoms with Crippen LogP contribution in [0.4, 0.5) is 5.82 Å². The Morgan fingerprint density at radius 3 is 2.68 bits per heavy atom. The molecule has 2 amide bonds. The van der Waals surface area contributed by atoms with Gasteiger partial charge in [-0.25, -0.2) is 10.8 Å². The maximum absolute atomic E-state index is 11.9. The predicted molar refractivity (Wildman–Crippen MR) is 72.4 cm³/mol. The molecule has 1 aromatic rings. The smallest absolute Gasteiger partial charge is 0.251 e. The van der Waals surface area contributed by atoms with Crippen LogP contribution in [0.3, 0.4) is 0 Å². The van der Waals surface area contributed by atoms with E-state index in [2.05, 4.69) is 21.0 Å². The molecule has 1 rings (SSSR count). The molecule has 0 aromatic carbocycles. The van der Waals surface area contributed by atoms with Gasteiger partial charge in [-0.15, -0.1) is 0 Å². The summed E-state index contributed by atoms with van der Waals surface area (Å²) in [6.45, 7) is 4.49. The lowest BCUT2D eigenvalue weighted by Gasteiger charge is -2.07. The van der Waals surface area contributed by atoms with Gasteiger partial charge in [-0.1, -0.05) is 0 Å². The van der Waals surface area contributed by atoms with E-state index in [0.29, 0.717) is 23.6 Å². The Kier molecular flexibility index (Phi) is 5.74. The largest absolute Gasteiger partial charge is 0.356 e. The van der Waals surface area contributed by atoms with Crippen LogP contribution in [0.25, 0.3) is 0 Å². The minimum absolute atomic E-state index is 0.0852. The highest BCUT2D eigenvalue weighted by Crippen LogP contribution is 2.08. The molecular formula is C12H19N5O2. The molecular weight excluding hydrogens is 246 g/mol. The molecule has 0 aliphatic heterocycles. The third kappa shape index (κ3) is 4.92. The third-order valence-electron chi connectivity index (χ3n) is 2.38. The van der Waals surface area contributed by atoms with Crippen molar-refractivity contribution in [1.29, 1.82) is 0 Å². The number of nitrogen functional groups attached to an aromatic ring is 1. The molecule has 7 heteroatoms. The van der Waals surface area contributed by atoms with Crippen LogP contribution in [0.5, 0.6) is 0 Å². The van der Waals surface area contributed by atoms with E-state index in [0.717, 1.165) is 0 Å². The average Bonchev–Trinajstić information content (AvgIpc) is 2.38. The van der Waals surface area contributed by atoms with E-state index >= 15 is 0 Å². The van der Waals surface area contributed by atoms with Gasteiger partial charge in [0.15, 0.2) is 0 Å². The zero-order chi connectivity index (χ0) is 14.3. The summed E-state index contributed by atoms with van der Waals surface area (Å²) in [7, 11) is 0. The lowest BCUT2D eigenvalue weighted by atomic mass is 10.2. The number of carbonyl (C=O) groups is 2.